The Bertz CT molecular complexity index is 889. The molecule has 0 aromatic heterocycles. The highest BCUT2D eigenvalue weighted by atomic mass is 32.2. The van der Waals surface area contributed by atoms with Gasteiger partial charge < -0.3 is 14.6 Å². The summed E-state index contributed by atoms with van der Waals surface area (Å²) < 4.78 is 89.5. The van der Waals surface area contributed by atoms with Crippen LogP contribution >= 0.6 is 23.5 Å². The van der Waals surface area contributed by atoms with E-state index in [0.29, 0.717) is 35.7 Å². The fourth-order valence-electron chi connectivity index (χ4n) is 6.63. The predicted octanol–water partition coefficient (Wildman–Crippen LogP) is 5.58. The summed E-state index contributed by atoms with van der Waals surface area (Å²) in [6, 6.07) is 0. The summed E-state index contributed by atoms with van der Waals surface area (Å²) in [7, 11) is 0. The summed E-state index contributed by atoms with van der Waals surface area (Å²) in [5.41, 5.74) is -5.20. The number of halogens is 6. The lowest BCUT2D eigenvalue weighted by molar-refractivity contribution is -0.369. The monoisotopic (exact) mass is 578 g/mol. The molecule has 14 heteroatoms. The average molecular weight is 579 g/mol. The number of esters is 2. The number of hydrogen-bond acceptors (Lipinski definition) is 7. The van der Waals surface area contributed by atoms with E-state index in [1.54, 1.807) is 0 Å². The zero-order valence-corrected chi connectivity index (χ0v) is 21.4. The van der Waals surface area contributed by atoms with Crippen LogP contribution in [0.15, 0.2) is 0 Å². The predicted molar refractivity (Wildman–Crippen MR) is 122 cm³/mol. The molecule has 1 heterocycles. The third-order valence-electron chi connectivity index (χ3n) is 8.10. The second-order valence-electron chi connectivity index (χ2n) is 10.4. The first-order chi connectivity index (χ1) is 17.2. The van der Waals surface area contributed by atoms with Crippen LogP contribution in [0.3, 0.4) is 0 Å². The van der Waals surface area contributed by atoms with Gasteiger partial charge in [0.05, 0.1) is 16.9 Å². The Morgan fingerprint density at radius 3 is 2.03 bits per heavy atom. The van der Waals surface area contributed by atoms with Crippen molar-refractivity contribution in [2.75, 3.05) is 11.5 Å². The maximum atomic E-state index is 13.5. The lowest BCUT2D eigenvalue weighted by Crippen LogP contribution is -2.61. The first kappa shape index (κ1) is 28.7. The van der Waals surface area contributed by atoms with Crippen molar-refractivity contribution in [3.63, 3.8) is 0 Å². The topological polar surface area (TPSA) is 89.9 Å². The van der Waals surface area contributed by atoms with E-state index in [1.165, 1.54) is 6.42 Å². The lowest BCUT2D eigenvalue weighted by Gasteiger charge is -2.38. The summed E-state index contributed by atoms with van der Waals surface area (Å²) in [5.74, 6) is -2.13. The van der Waals surface area contributed by atoms with Crippen molar-refractivity contribution in [2.45, 2.75) is 85.9 Å². The molecule has 210 valence electrons. The van der Waals surface area contributed by atoms with Gasteiger partial charge in [-0.2, -0.15) is 26.3 Å². The Kier molecular flexibility index (Phi) is 8.02. The Hall–Kier alpha value is -1.31. The Labute approximate surface area is 217 Å². The van der Waals surface area contributed by atoms with Crippen LogP contribution in [0.4, 0.5) is 26.3 Å². The van der Waals surface area contributed by atoms with Crippen LogP contribution in [-0.2, 0) is 23.9 Å². The number of aliphatic carboxylic acids is 1. The summed E-state index contributed by atoms with van der Waals surface area (Å²) in [6.45, 7) is 0. The average Bonchev–Trinajstić information content (AvgIpc) is 3.45. The van der Waals surface area contributed by atoms with E-state index in [4.69, 9.17) is 9.84 Å². The van der Waals surface area contributed by atoms with E-state index >= 15 is 0 Å². The molecule has 1 saturated heterocycles. The van der Waals surface area contributed by atoms with Crippen LogP contribution in [0, 0.1) is 23.7 Å². The molecule has 5 atom stereocenters. The van der Waals surface area contributed by atoms with Crippen molar-refractivity contribution >= 4 is 41.4 Å². The maximum Gasteiger partial charge on any atom is 0.438 e. The molecular formula is C23H28F6O6S2. The number of carbonyl (C=O) groups is 3. The Morgan fingerprint density at radius 1 is 0.838 bits per heavy atom. The molecule has 2 bridgehead atoms. The van der Waals surface area contributed by atoms with Crippen LogP contribution in [0.2, 0.25) is 0 Å². The van der Waals surface area contributed by atoms with E-state index in [0.717, 1.165) is 49.2 Å². The molecule has 4 fully saturated rings. The van der Waals surface area contributed by atoms with Gasteiger partial charge in [0, 0.05) is 0 Å². The molecule has 3 saturated carbocycles. The number of rotatable bonds is 8. The van der Waals surface area contributed by atoms with Crippen molar-refractivity contribution in [1.29, 1.82) is 0 Å². The van der Waals surface area contributed by atoms with Crippen molar-refractivity contribution in [2.24, 2.45) is 23.7 Å². The summed E-state index contributed by atoms with van der Waals surface area (Å²) >= 11 is 2.19. The smallest absolute Gasteiger partial charge is 0.438 e. The molecule has 0 aromatic rings. The molecular weight excluding hydrogens is 550 g/mol. The third-order valence-corrected chi connectivity index (χ3v) is 11.4. The van der Waals surface area contributed by atoms with Crippen molar-refractivity contribution in [1.82, 2.24) is 0 Å². The van der Waals surface area contributed by atoms with Gasteiger partial charge in [0.2, 0.25) is 0 Å². The minimum atomic E-state index is -6.22. The highest BCUT2D eigenvalue weighted by Gasteiger charge is 2.75. The molecule has 1 aliphatic heterocycles. The highest BCUT2D eigenvalue weighted by molar-refractivity contribution is 8.18. The third kappa shape index (κ3) is 5.69. The second kappa shape index (κ2) is 10.3. The van der Waals surface area contributed by atoms with Gasteiger partial charge in [0.25, 0.3) is 0 Å². The van der Waals surface area contributed by atoms with Gasteiger partial charge in [-0.05, 0) is 67.3 Å². The molecule has 37 heavy (non-hydrogen) atoms. The second-order valence-corrected chi connectivity index (χ2v) is 13.6. The zero-order valence-electron chi connectivity index (χ0n) is 19.7. The molecule has 1 N–H and O–H groups in total. The quantitative estimate of drug-likeness (QED) is 0.295. The van der Waals surface area contributed by atoms with E-state index in [2.05, 4.69) is 4.74 Å². The summed E-state index contributed by atoms with van der Waals surface area (Å²) in [6.07, 6.45) is -10.7. The minimum Gasteiger partial charge on any atom is -0.481 e. The number of thioether (sulfide) groups is 2. The number of carboxylic acid groups (broad SMARTS) is 1. The SMILES string of the molecule is O=C(O)CC(OC(=O)CC1(CC(=O)OC2CC3CC2C2CCCC32)SCCCS1)(C(F)(F)F)C(F)(F)F. The molecule has 6 nitrogen and oxygen atoms in total. The molecule has 0 spiro atoms. The van der Waals surface area contributed by atoms with Crippen LogP contribution in [0.25, 0.3) is 0 Å². The number of ether oxygens (including phenoxy) is 2. The van der Waals surface area contributed by atoms with Crippen LogP contribution < -0.4 is 0 Å². The maximum absolute atomic E-state index is 13.5. The van der Waals surface area contributed by atoms with Crippen molar-refractivity contribution in [3.05, 3.63) is 0 Å². The number of alkyl halides is 6. The van der Waals surface area contributed by atoms with Gasteiger partial charge in [-0.25, -0.2) is 0 Å². The molecule has 4 rings (SSSR count). The molecule has 4 aliphatic rings. The van der Waals surface area contributed by atoms with E-state index in [1.807, 2.05) is 0 Å². The Morgan fingerprint density at radius 2 is 1.43 bits per heavy atom. The fraction of sp³-hybridized carbons (Fsp3) is 0.870. The molecule has 5 unspecified atom stereocenters. The van der Waals surface area contributed by atoms with Gasteiger partial charge in [0.1, 0.15) is 12.5 Å². The largest absolute Gasteiger partial charge is 0.481 e. The van der Waals surface area contributed by atoms with Gasteiger partial charge in [-0.1, -0.05) is 6.42 Å². The van der Waals surface area contributed by atoms with Gasteiger partial charge in [-0.3, -0.25) is 14.4 Å². The molecule has 0 amide bonds. The zero-order chi connectivity index (χ0) is 27.2. The van der Waals surface area contributed by atoms with Crippen LogP contribution in [0.5, 0.6) is 0 Å². The van der Waals surface area contributed by atoms with Gasteiger partial charge in [-0.15, -0.1) is 23.5 Å². The Balaban J connectivity index is 1.46. The summed E-state index contributed by atoms with van der Waals surface area (Å²) in [4.78, 5) is 36.4. The lowest BCUT2D eigenvalue weighted by atomic mass is 9.80. The van der Waals surface area contributed by atoms with E-state index in [9.17, 15) is 40.7 Å². The number of hydrogen-bond donors (Lipinski definition) is 1. The highest BCUT2D eigenvalue weighted by Crippen LogP contribution is 2.60. The number of fused-ring (bicyclic) bond motifs is 5. The number of carbonyl (C=O) groups excluding carboxylic acids is 2. The number of carboxylic acids is 1. The molecule has 0 aromatic carbocycles. The first-order valence-electron chi connectivity index (χ1n) is 12.2. The normalized spacial score (nSPS) is 31.1. The molecule has 3 aliphatic carbocycles. The van der Waals surface area contributed by atoms with E-state index in [-0.39, 0.29) is 18.4 Å². The van der Waals surface area contributed by atoms with Crippen molar-refractivity contribution in [3.8, 4) is 0 Å². The van der Waals surface area contributed by atoms with Gasteiger partial charge in [0.15, 0.2) is 0 Å². The van der Waals surface area contributed by atoms with Crippen molar-refractivity contribution < 1.29 is 55.3 Å². The summed E-state index contributed by atoms with van der Waals surface area (Å²) in [5, 5.41) is 8.76. The fourth-order valence-corrected chi connectivity index (χ4v) is 9.85. The minimum absolute atomic E-state index is 0.266. The van der Waals surface area contributed by atoms with E-state index < -0.39 is 52.8 Å². The standard InChI is InChI=1S/C23H28F6O6S2/c24-22(25,26)21(9-17(30)31,23(27,28)29)35-19(33)11-20(36-5-2-6-37-20)10-18(32)34-16-8-12-7-15(16)14-4-1-3-13(12)14/h12-16H,1-11H2,(H,30,31). The molecule has 0 radical (unpaired) electrons. The van der Waals surface area contributed by atoms with Crippen LogP contribution in [-0.4, -0.2) is 62.7 Å². The first-order valence-corrected chi connectivity index (χ1v) is 14.2. The van der Waals surface area contributed by atoms with Gasteiger partial charge >= 0.3 is 35.9 Å². The van der Waals surface area contributed by atoms with Crippen LogP contribution in [0.1, 0.15) is 57.8 Å².